The summed E-state index contributed by atoms with van der Waals surface area (Å²) in [6.07, 6.45) is 4.84. The van der Waals surface area contributed by atoms with E-state index < -0.39 is 27.3 Å². The number of amides is 1. The summed E-state index contributed by atoms with van der Waals surface area (Å²) >= 11 is 0. The van der Waals surface area contributed by atoms with Gasteiger partial charge in [-0.3, -0.25) is 4.79 Å². The molecule has 10 nitrogen and oxygen atoms in total. The van der Waals surface area contributed by atoms with Gasteiger partial charge in [-0.25, -0.2) is 31.9 Å². The van der Waals surface area contributed by atoms with Crippen molar-refractivity contribution in [1.29, 1.82) is 0 Å². The minimum Gasteiger partial charge on any atom is -0.354 e. The lowest BCUT2D eigenvalue weighted by atomic mass is 9.86. The molecular weight excluding hydrogens is 446 g/mol. The summed E-state index contributed by atoms with van der Waals surface area (Å²) in [6, 6.07) is 7.37. The monoisotopic (exact) mass is 477 g/mol. The fraction of sp³-hybridized carbons (Fsp3) is 0.591. The number of nitrogens with two attached hydrogens (primary N) is 1. The Morgan fingerprint density at radius 1 is 1.03 bits per heavy atom. The lowest BCUT2D eigenvalue weighted by Gasteiger charge is -2.28. The van der Waals surface area contributed by atoms with Crippen LogP contribution in [-0.2, 0) is 27.7 Å². The van der Waals surface area contributed by atoms with Crippen LogP contribution in [0.3, 0.4) is 0 Å². The number of benzene rings is 1. The van der Waals surface area contributed by atoms with E-state index in [4.69, 9.17) is 5.73 Å². The van der Waals surface area contributed by atoms with Gasteiger partial charge >= 0.3 is 11.4 Å². The summed E-state index contributed by atoms with van der Waals surface area (Å²) in [5.74, 6) is -0.296. The van der Waals surface area contributed by atoms with Crippen molar-refractivity contribution in [1.82, 2.24) is 19.2 Å². The standard InChI is InChI=1S/C22H31N5O5S/c23-17-10-8-16(9-11-17)15-24-20(28)19-7-4-12-26-21(29)25(22(30)27(19)26)13-14-33(31,32)18-5-2-1-3-6-18/h1-3,5-6,16-17,19H,4,7-15,23H2,(H,24,28)/t16?,17?,19-/m1/s1. The predicted molar refractivity (Wildman–Crippen MR) is 123 cm³/mol. The summed E-state index contributed by atoms with van der Waals surface area (Å²) in [6.45, 7) is 0.576. The summed E-state index contributed by atoms with van der Waals surface area (Å²) in [7, 11) is -3.65. The lowest BCUT2D eigenvalue weighted by Crippen LogP contribution is -2.44. The molecule has 180 valence electrons. The van der Waals surface area contributed by atoms with Crippen molar-refractivity contribution in [3.05, 3.63) is 51.3 Å². The van der Waals surface area contributed by atoms with Crippen molar-refractivity contribution in [2.45, 2.75) is 68.6 Å². The second-order valence-electron chi connectivity index (χ2n) is 9.00. The van der Waals surface area contributed by atoms with Gasteiger partial charge in [0, 0.05) is 25.7 Å². The van der Waals surface area contributed by atoms with Gasteiger partial charge in [0.25, 0.3) is 0 Å². The molecular formula is C22H31N5O5S. The first-order valence-corrected chi connectivity index (χ1v) is 13.2. The van der Waals surface area contributed by atoms with Crippen LogP contribution in [-0.4, -0.2) is 46.6 Å². The minimum atomic E-state index is -3.65. The second kappa shape index (κ2) is 9.68. The van der Waals surface area contributed by atoms with Crippen LogP contribution < -0.4 is 22.4 Å². The molecule has 1 saturated carbocycles. The number of rotatable bonds is 7. The molecule has 0 bridgehead atoms. The van der Waals surface area contributed by atoms with E-state index in [9.17, 15) is 22.8 Å². The van der Waals surface area contributed by atoms with Gasteiger partial charge in [0.1, 0.15) is 6.04 Å². The van der Waals surface area contributed by atoms with E-state index in [-0.39, 0.29) is 29.1 Å². The first-order chi connectivity index (χ1) is 15.8. The number of sulfone groups is 1. The van der Waals surface area contributed by atoms with Crippen LogP contribution in [0.2, 0.25) is 0 Å². The van der Waals surface area contributed by atoms with Crippen LogP contribution in [0.25, 0.3) is 0 Å². The van der Waals surface area contributed by atoms with Gasteiger partial charge in [-0.1, -0.05) is 18.2 Å². The van der Waals surface area contributed by atoms with E-state index in [2.05, 4.69) is 5.32 Å². The van der Waals surface area contributed by atoms with Crippen LogP contribution >= 0.6 is 0 Å². The molecule has 2 heterocycles. The third-order valence-electron chi connectivity index (χ3n) is 6.73. The van der Waals surface area contributed by atoms with E-state index in [0.717, 1.165) is 30.3 Å². The van der Waals surface area contributed by atoms with Crippen molar-refractivity contribution in [3.63, 3.8) is 0 Å². The smallest absolute Gasteiger partial charge is 0.347 e. The van der Waals surface area contributed by atoms with Crippen molar-refractivity contribution in [2.75, 3.05) is 12.3 Å². The first kappa shape index (κ1) is 23.5. The van der Waals surface area contributed by atoms with Crippen molar-refractivity contribution < 1.29 is 13.2 Å². The molecule has 0 unspecified atom stereocenters. The second-order valence-corrected chi connectivity index (χ2v) is 11.1. The Bertz CT molecular complexity index is 1210. The molecule has 1 aliphatic heterocycles. The number of hydrogen-bond donors (Lipinski definition) is 2. The van der Waals surface area contributed by atoms with Gasteiger partial charge in [0.2, 0.25) is 5.91 Å². The number of hydrogen-bond acceptors (Lipinski definition) is 6. The van der Waals surface area contributed by atoms with E-state index >= 15 is 0 Å². The van der Waals surface area contributed by atoms with Crippen LogP contribution in [0.15, 0.2) is 44.8 Å². The quantitative estimate of drug-likeness (QED) is 0.586. The molecule has 4 rings (SSSR count). The third kappa shape index (κ3) is 4.98. The van der Waals surface area contributed by atoms with Crippen molar-refractivity contribution >= 4 is 15.7 Å². The average Bonchev–Trinajstić information content (AvgIpc) is 3.07. The number of nitrogens with zero attached hydrogens (tertiary/aromatic N) is 3. The van der Waals surface area contributed by atoms with E-state index in [1.807, 2.05) is 0 Å². The highest BCUT2D eigenvalue weighted by Gasteiger charge is 2.32. The summed E-state index contributed by atoms with van der Waals surface area (Å²) < 4.78 is 28.6. The zero-order valence-corrected chi connectivity index (χ0v) is 19.4. The molecule has 1 atom stereocenters. The van der Waals surface area contributed by atoms with E-state index in [1.165, 1.54) is 21.5 Å². The third-order valence-corrected chi connectivity index (χ3v) is 8.44. The summed E-state index contributed by atoms with van der Waals surface area (Å²) in [5, 5.41) is 2.95. The molecule has 0 radical (unpaired) electrons. The minimum absolute atomic E-state index is 0.142. The molecule has 3 N–H and O–H groups in total. The SMILES string of the molecule is NC1CCC(CNC(=O)[C@H]2CCCn3c(=O)n(CCS(=O)(=O)c4ccccc4)c(=O)n32)CC1. The Kier molecular flexibility index (Phi) is 6.89. The van der Waals surface area contributed by atoms with Crippen molar-refractivity contribution in [3.8, 4) is 0 Å². The Morgan fingerprint density at radius 2 is 1.73 bits per heavy atom. The van der Waals surface area contributed by atoms with Gasteiger partial charge in [0.15, 0.2) is 9.84 Å². The van der Waals surface area contributed by atoms with Gasteiger partial charge in [0.05, 0.1) is 10.6 Å². The van der Waals surface area contributed by atoms with Gasteiger partial charge < -0.3 is 11.1 Å². The molecule has 11 heteroatoms. The Morgan fingerprint density at radius 3 is 2.42 bits per heavy atom. The first-order valence-electron chi connectivity index (χ1n) is 11.5. The predicted octanol–water partition coefficient (Wildman–Crippen LogP) is 0.254. The molecule has 2 aromatic rings. The van der Waals surface area contributed by atoms with Crippen LogP contribution in [0, 0.1) is 5.92 Å². The van der Waals surface area contributed by atoms with E-state index in [0.29, 0.717) is 31.8 Å². The highest BCUT2D eigenvalue weighted by molar-refractivity contribution is 7.91. The summed E-state index contributed by atoms with van der Waals surface area (Å²) in [4.78, 5) is 39.0. The lowest BCUT2D eigenvalue weighted by molar-refractivity contribution is -0.126. The number of carbonyl (C=O) groups excluding carboxylic acids is 1. The zero-order chi connectivity index (χ0) is 23.6. The van der Waals surface area contributed by atoms with Crippen molar-refractivity contribution in [2.24, 2.45) is 11.7 Å². The number of aromatic nitrogens is 3. The van der Waals surface area contributed by atoms with Gasteiger partial charge in [-0.2, -0.15) is 0 Å². The normalized spacial score (nSPS) is 23.1. The highest BCUT2D eigenvalue weighted by atomic mass is 32.2. The van der Waals surface area contributed by atoms with Gasteiger partial charge in [-0.15, -0.1) is 0 Å². The molecule has 0 spiro atoms. The molecule has 1 aromatic heterocycles. The number of fused-ring (bicyclic) bond motifs is 1. The Labute approximate surface area is 192 Å². The fourth-order valence-corrected chi connectivity index (χ4v) is 5.98. The highest BCUT2D eigenvalue weighted by Crippen LogP contribution is 2.23. The topological polar surface area (TPSA) is 138 Å². The molecule has 33 heavy (non-hydrogen) atoms. The molecule has 1 amide bonds. The zero-order valence-electron chi connectivity index (χ0n) is 18.6. The molecule has 1 aromatic carbocycles. The Hall–Kier alpha value is -2.66. The maximum absolute atomic E-state index is 13.1. The Balaban J connectivity index is 1.49. The molecule has 0 saturated heterocycles. The number of nitrogens with one attached hydrogen (secondary N) is 1. The maximum atomic E-state index is 13.1. The average molecular weight is 478 g/mol. The number of carbonyl (C=O) groups is 1. The molecule has 1 fully saturated rings. The van der Waals surface area contributed by atoms with Crippen LogP contribution in [0.4, 0.5) is 0 Å². The molecule has 2 aliphatic rings. The van der Waals surface area contributed by atoms with Crippen LogP contribution in [0.1, 0.15) is 44.6 Å². The molecule has 1 aliphatic carbocycles. The maximum Gasteiger partial charge on any atom is 0.347 e. The fourth-order valence-electron chi connectivity index (χ4n) is 4.75. The largest absolute Gasteiger partial charge is 0.354 e. The van der Waals surface area contributed by atoms with Gasteiger partial charge in [-0.05, 0) is 56.6 Å². The van der Waals surface area contributed by atoms with Crippen LogP contribution in [0.5, 0.6) is 0 Å². The summed E-state index contributed by atoms with van der Waals surface area (Å²) in [5.41, 5.74) is 4.71. The van der Waals surface area contributed by atoms with E-state index in [1.54, 1.807) is 18.2 Å².